The molecule has 0 spiro atoms. The summed E-state index contributed by atoms with van der Waals surface area (Å²) in [6.07, 6.45) is 7.36. The quantitative estimate of drug-likeness (QED) is 0.844. The van der Waals surface area contributed by atoms with Crippen LogP contribution in [-0.4, -0.2) is 31.7 Å². The Balaban J connectivity index is 1.94. The van der Waals surface area contributed by atoms with Gasteiger partial charge in [0.15, 0.2) is 0 Å². The molecule has 4 nitrogen and oxygen atoms in total. The van der Waals surface area contributed by atoms with E-state index in [9.17, 15) is 4.21 Å². The van der Waals surface area contributed by atoms with Gasteiger partial charge in [0.2, 0.25) is 5.95 Å². The average Bonchev–Trinajstić information content (AvgIpc) is 2.98. The van der Waals surface area contributed by atoms with Crippen molar-refractivity contribution in [3.63, 3.8) is 0 Å². The first-order valence-corrected chi connectivity index (χ1v) is 7.31. The number of hydrogen-bond donors (Lipinski definition) is 1. The predicted molar refractivity (Wildman–Crippen MR) is 69.3 cm³/mol. The van der Waals surface area contributed by atoms with Gasteiger partial charge in [-0.2, -0.15) is 0 Å². The lowest BCUT2D eigenvalue weighted by Crippen LogP contribution is -2.26. The standard InChI is InChI=1S/C9H12IN3OS/c1-15(14)9(2-3-9)6-13-8-11-4-7(10)5-12-8/h4-5H,2-3,6H2,1H3,(H,11,12,13). The largest absolute Gasteiger partial charge is 0.353 e. The minimum Gasteiger partial charge on any atom is -0.353 e. The molecular weight excluding hydrogens is 325 g/mol. The van der Waals surface area contributed by atoms with Gasteiger partial charge in [-0.05, 0) is 35.4 Å². The second kappa shape index (κ2) is 4.32. The molecule has 1 aliphatic rings. The predicted octanol–water partition coefficient (Wildman–Crippen LogP) is 1.40. The molecule has 15 heavy (non-hydrogen) atoms. The molecule has 0 aliphatic heterocycles. The van der Waals surface area contributed by atoms with Gasteiger partial charge >= 0.3 is 0 Å². The molecule has 0 amide bonds. The van der Waals surface area contributed by atoms with Crippen molar-refractivity contribution in [1.29, 1.82) is 0 Å². The number of aromatic nitrogens is 2. The minimum absolute atomic E-state index is 0.0215. The zero-order valence-corrected chi connectivity index (χ0v) is 11.3. The van der Waals surface area contributed by atoms with Crippen molar-refractivity contribution in [2.75, 3.05) is 18.1 Å². The fraction of sp³-hybridized carbons (Fsp3) is 0.556. The van der Waals surface area contributed by atoms with Crippen LogP contribution in [0, 0.1) is 3.57 Å². The van der Waals surface area contributed by atoms with E-state index in [2.05, 4.69) is 37.9 Å². The van der Waals surface area contributed by atoms with Crippen LogP contribution in [0.3, 0.4) is 0 Å². The molecule has 0 bridgehead atoms. The van der Waals surface area contributed by atoms with Crippen LogP contribution in [0.4, 0.5) is 5.95 Å². The summed E-state index contributed by atoms with van der Waals surface area (Å²) in [6.45, 7) is 0.705. The van der Waals surface area contributed by atoms with Crippen molar-refractivity contribution >= 4 is 39.3 Å². The molecule has 0 aromatic carbocycles. The highest BCUT2D eigenvalue weighted by Gasteiger charge is 2.46. The van der Waals surface area contributed by atoms with Gasteiger partial charge in [-0.25, -0.2) is 9.97 Å². The van der Waals surface area contributed by atoms with Crippen molar-refractivity contribution < 1.29 is 4.21 Å². The molecule has 0 radical (unpaired) electrons. The van der Waals surface area contributed by atoms with Crippen LogP contribution in [-0.2, 0) is 10.8 Å². The highest BCUT2D eigenvalue weighted by atomic mass is 127. The van der Waals surface area contributed by atoms with Crippen molar-refractivity contribution in [3.05, 3.63) is 16.0 Å². The molecule has 0 saturated heterocycles. The molecule has 6 heteroatoms. The summed E-state index contributed by atoms with van der Waals surface area (Å²) in [6, 6.07) is 0. The van der Waals surface area contributed by atoms with Crippen LogP contribution in [0.15, 0.2) is 12.4 Å². The zero-order valence-electron chi connectivity index (χ0n) is 8.36. The van der Waals surface area contributed by atoms with Gasteiger partial charge in [-0.3, -0.25) is 4.21 Å². The first-order chi connectivity index (χ1) is 7.12. The summed E-state index contributed by atoms with van der Waals surface area (Å²) in [5.41, 5.74) is 0. The Morgan fingerprint density at radius 3 is 2.60 bits per heavy atom. The van der Waals surface area contributed by atoms with Gasteiger partial charge in [0.25, 0.3) is 0 Å². The van der Waals surface area contributed by atoms with Crippen LogP contribution < -0.4 is 5.32 Å². The Morgan fingerprint density at radius 1 is 1.53 bits per heavy atom. The maximum absolute atomic E-state index is 11.4. The molecule has 82 valence electrons. The van der Waals surface area contributed by atoms with E-state index >= 15 is 0 Å². The van der Waals surface area contributed by atoms with Crippen LogP contribution in [0.25, 0.3) is 0 Å². The normalized spacial score (nSPS) is 19.6. The molecule has 1 heterocycles. The molecule has 1 atom stereocenters. The van der Waals surface area contributed by atoms with E-state index in [1.807, 2.05) is 0 Å². The van der Waals surface area contributed by atoms with Gasteiger partial charge in [-0.15, -0.1) is 0 Å². The lowest BCUT2D eigenvalue weighted by molar-refractivity contribution is 0.673. The van der Waals surface area contributed by atoms with E-state index in [0.717, 1.165) is 16.4 Å². The van der Waals surface area contributed by atoms with E-state index < -0.39 is 10.8 Å². The van der Waals surface area contributed by atoms with E-state index in [0.29, 0.717) is 12.5 Å². The maximum atomic E-state index is 11.4. The van der Waals surface area contributed by atoms with E-state index in [4.69, 9.17) is 0 Å². The Labute approximate surface area is 105 Å². The third kappa shape index (κ3) is 2.66. The molecule has 2 rings (SSSR count). The fourth-order valence-electron chi connectivity index (χ4n) is 1.35. The van der Waals surface area contributed by atoms with Crippen molar-refractivity contribution in [2.24, 2.45) is 0 Å². The third-order valence-electron chi connectivity index (χ3n) is 2.61. The van der Waals surface area contributed by atoms with E-state index in [1.54, 1.807) is 18.6 Å². The Morgan fingerprint density at radius 2 is 2.13 bits per heavy atom. The third-order valence-corrected chi connectivity index (χ3v) is 4.94. The van der Waals surface area contributed by atoms with Crippen LogP contribution in [0.5, 0.6) is 0 Å². The fourth-order valence-corrected chi connectivity index (χ4v) is 2.58. The van der Waals surface area contributed by atoms with E-state index in [-0.39, 0.29) is 4.75 Å². The summed E-state index contributed by atoms with van der Waals surface area (Å²) in [7, 11) is -0.762. The second-order valence-corrected chi connectivity index (χ2v) is 6.74. The maximum Gasteiger partial charge on any atom is 0.222 e. The Kier molecular flexibility index (Phi) is 3.24. The van der Waals surface area contributed by atoms with Crippen LogP contribution >= 0.6 is 22.6 Å². The summed E-state index contributed by atoms with van der Waals surface area (Å²) in [4.78, 5) is 8.28. The first-order valence-electron chi connectivity index (χ1n) is 4.67. The van der Waals surface area contributed by atoms with Crippen LogP contribution in [0.2, 0.25) is 0 Å². The summed E-state index contributed by atoms with van der Waals surface area (Å²) in [5, 5.41) is 3.14. The van der Waals surface area contributed by atoms with Gasteiger partial charge < -0.3 is 5.32 Å². The van der Waals surface area contributed by atoms with Gasteiger partial charge in [0.1, 0.15) is 0 Å². The highest BCUT2D eigenvalue weighted by molar-refractivity contribution is 14.1. The zero-order chi connectivity index (χ0) is 10.9. The lowest BCUT2D eigenvalue weighted by Gasteiger charge is -2.12. The Hall–Kier alpha value is -0.240. The molecule has 1 aliphatic carbocycles. The number of nitrogens with zero attached hydrogens (tertiary/aromatic N) is 2. The Bertz CT molecular complexity index is 377. The van der Waals surface area contributed by atoms with Crippen molar-refractivity contribution in [2.45, 2.75) is 17.6 Å². The summed E-state index contributed by atoms with van der Waals surface area (Å²) < 4.78 is 12.4. The smallest absolute Gasteiger partial charge is 0.222 e. The number of rotatable bonds is 4. The van der Waals surface area contributed by atoms with Crippen molar-refractivity contribution in [1.82, 2.24) is 9.97 Å². The summed E-state index contributed by atoms with van der Waals surface area (Å²) in [5.74, 6) is 0.618. The number of hydrogen-bond acceptors (Lipinski definition) is 4. The van der Waals surface area contributed by atoms with Gasteiger partial charge in [0, 0.05) is 39.6 Å². The molecule has 1 fully saturated rings. The molecule has 1 aromatic rings. The summed E-state index contributed by atoms with van der Waals surface area (Å²) >= 11 is 2.16. The molecule has 1 N–H and O–H groups in total. The van der Waals surface area contributed by atoms with E-state index in [1.165, 1.54) is 0 Å². The second-order valence-electron chi connectivity index (χ2n) is 3.72. The highest BCUT2D eigenvalue weighted by Crippen LogP contribution is 2.40. The number of nitrogens with one attached hydrogen (secondary N) is 1. The molecular formula is C9H12IN3OS. The van der Waals surface area contributed by atoms with Crippen molar-refractivity contribution in [3.8, 4) is 0 Å². The van der Waals surface area contributed by atoms with Crippen LogP contribution in [0.1, 0.15) is 12.8 Å². The molecule has 1 aromatic heterocycles. The monoisotopic (exact) mass is 337 g/mol. The number of anilines is 1. The SMILES string of the molecule is CS(=O)C1(CNc2ncc(I)cn2)CC1. The van der Waals surface area contributed by atoms with Gasteiger partial charge in [0.05, 0.1) is 4.75 Å². The first kappa shape index (κ1) is 11.3. The van der Waals surface area contributed by atoms with Gasteiger partial charge in [-0.1, -0.05) is 0 Å². The molecule has 1 unspecified atom stereocenters. The lowest BCUT2D eigenvalue weighted by atomic mass is 10.4. The minimum atomic E-state index is -0.762. The molecule has 1 saturated carbocycles. The average molecular weight is 337 g/mol. The number of halogens is 1. The topological polar surface area (TPSA) is 54.9 Å².